The van der Waals surface area contributed by atoms with E-state index in [-0.39, 0.29) is 11.5 Å². The minimum absolute atomic E-state index is 0.0719. The van der Waals surface area contributed by atoms with Gasteiger partial charge in [0.05, 0.1) is 19.8 Å². The number of methoxy groups -OCH3 is 2. The summed E-state index contributed by atoms with van der Waals surface area (Å²) in [5.41, 5.74) is 1.51. The van der Waals surface area contributed by atoms with Crippen LogP contribution in [0.2, 0.25) is 0 Å². The van der Waals surface area contributed by atoms with E-state index in [2.05, 4.69) is 0 Å². The molecule has 0 aliphatic carbocycles. The largest absolute Gasteiger partial charge is 0.508 e. The van der Waals surface area contributed by atoms with Crippen molar-refractivity contribution in [3.63, 3.8) is 0 Å². The molecule has 0 amide bonds. The Morgan fingerprint density at radius 1 is 1.05 bits per heavy atom. The van der Waals surface area contributed by atoms with E-state index >= 15 is 0 Å². The van der Waals surface area contributed by atoms with Crippen LogP contribution in [0.25, 0.3) is 5.57 Å². The molecule has 5 heteroatoms. The van der Waals surface area contributed by atoms with Crippen molar-refractivity contribution in [1.29, 1.82) is 0 Å². The molecule has 0 radical (unpaired) electrons. The molecular formula is C17H16O5. The number of hydrogen-bond donors (Lipinski definition) is 2. The van der Waals surface area contributed by atoms with Gasteiger partial charge in [0, 0.05) is 12.1 Å². The summed E-state index contributed by atoms with van der Waals surface area (Å²) < 4.78 is 10.4. The van der Waals surface area contributed by atoms with Crippen molar-refractivity contribution < 1.29 is 24.5 Å². The monoisotopic (exact) mass is 300 g/mol. The van der Waals surface area contributed by atoms with Crippen LogP contribution < -0.4 is 9.47 Å². The Morgan fingerprint density at radius 2 is 1.73 bits per heavy atom. The topological polar surface area (TPSA) is 76.0 Å². The number of hydrogen-bond acceptors (Lipinski definition) is 5. The maximum atomic E-state index is 11.0. The van der Waals surface area contributed by atoms with Crippen molar-refractivity contribution in [1.82, 2.24) is 0 Å². The second kappa shape index (κ2) is 6.67. The number of phenols is 2. The van der Waals surface area contributed by atoms with Gasteiger partial charge >= 0.3 is 0 Å². The van der Waals surface area contributed by atoms with E-state index in [0.29, 0.717) is 34.5 Å². The minimum atomic E-state index is -0.0719. The number of ether oxygens (including phenoxy) is 2. The van der Waals surface area contributed by atoms with Gasteiger partial charge in [-0.2, -0.15) is 0 Å². The van der Waals surface area contributed by atoms with Crippen molar-refractivity contribution in [3.8, 4) is 23.0 Å². The second-order valence-electron chi connectivity index (χ2n) is 4.49. The van der Waals surface area contributed by atoms with Gasteiger partial charge in [0.15, 0.2) is 0 Å². The number of rotatable bonds is 5. The predicted molar refractivity (Wildman–Crippen MR) is 82.5 cm³/mol. The summed E-state index contributed by atoms with van der Waals surface area (Å²) in [6.07, 6.45) is 1.96. The van der Waals surface area contributed by atoms with E-state index in [0.717, 1.165) is 0 Å². The minimum Gasteiger partial charge on any atom is -0.508 e. The first-order valence-corrected chi connectivity index (χ1v) is 6.51. The Balaban J connectivity index is 2.66. The number of carbonyl (C=O) groups excluding carboxylic acids is 1. The summed E-state index contributed by atoms with van der Waals surface area (Å²) in [6, 6.07) is 9.36. The summed E-state index contributed by atoms with van der Waals surface area (Å²) in [6.45, 7) is 0. The molecule has 0 heterocycles. The van der Waals surface area contributed by atoms with Gasteiger partial charge < -0.3 is 19.7 Å². The molecule has 0 saturated heterocycles. The molecule has 2 N–H and O–H groups in total. The van der Waals surface area contributed by atoms with Crippen LogP contribution in [0.4, 0.5) is 0 Å². The normalized spacial score (nSPS) is 11.1. The molecule has 114 valence electrons. The zero-order valence-electron chi connectivity index (χ0n) is 12.2. The van der Waals surface area contributed by atoms with Crippen LogP contribution in [0.5, 0.6) is 23.0 Å². The molecule has 0 spiro atoms. The number of carbonyl (C=O) groups is 1. The van der Waals surface area contributed by atoms with Gasteiger partial charge in [-0.3, -0.25) is 4.79 Å². The summed E-state index contributed by atoms with van der Waals surface area (Å²) in [5.74, 6) is 0.852. The van der Waals surface area contributed by atoms with Gasteiger partial charge in [0.2, 0.25) is 0 Å². The molecule has 5 nitrogen and oxygen atoms in total. The smallest absolute Gasteiger partial charge is 0.143 e. The first kappa shape index (κ1) is 15.4. The van der Waals surface area contributed by atoms with Gasteiger partial charge in [0.1, 0.15) is 29.3 Å². The number of phenolic OH excluding ortho intramolecular Hbond substituents is 2. The Kier molecular flexibility index (Phi) is 4.68. The molecule has 22 heavy (non-hydrogen) atoms. The molecule has 0 aliphatic heterocycles. The van der Waals surface area contributed by atoms with Gasteiger partial charge in [-0.15, -0.1) is 0 Å². The molecular weight excluding hydrogens is 284 g/mol. The highest BCUT2D eigenvalue weighted by Gasteiger charge is 2.17. The van der Waals surface area contributed by atoms with Crippen LogP contribution in [0, 0.1) is 0 Å². The van der Waals surface area contributed by atoms with Crippen molar-refractivity contribution in [2.24, 2.45) is 0 Å². The van der Waals surface area contributed by atoms with Crippen molar-refractivity contribution in [2.45, 2.75) is 0 Å². The highest BCUT2D eigenvalue weighted by molar-refractivity contribution is 5.93. The van der Waals surface area contributed by atoms with Crippen molar-refractivity contribution >= 4 is 11.9 Å². The average molecular weight is 300 g/mol. The molecule has 0 fully saturated rings. The Bertz CT molecular complexity index is 702. The quantitative estimate of drug-likeness (QED) is 0.656. The fourth-order valence-electron chi connectivity index (χ4n) is 2.16. The third kappa shape index (κ3) is 3.03. The Hall–Kier alpha value is -2.95. The zero-order chi connectivity index (χ0) is 16.1. The number of aldehydes is 1. The van der Waals surface area contributed by atoms with Gasteiger partial charge in [0.25, 0.3) is 0 Å². The fourth-order valence-corrected chi connectivity index (χ4v) is 2.16. The third-order valence-corrected chi connectivity index (χ3v) is 3.19. The highest BCUT2D eigenvalue weighted by Crippen LogP contribution is 2.40. The van der Waals surface area contributed by atoms with Crippen LogP contribution in [-0.2, 0) is 4.79 Å². The van der Waals surface area contributed by atoms with E-state index < -0.39 is 0 Å². The van der Waals surface area contributed by atoms with Crippen molar-refractivity contribution in [3.05, 3.63) is 53.6 Å². The molecule has 2 rings (SSSR count). The summed E-state index contributed by atoms with van der Waals surface area (Å²) in [7, 11) is 2.95. The first-order valence-electron chi connectivity index (χ1n) is 6.51. The molecule has 0 aromatic heterocycles. The third-order valence-electron chi connectivity index (χ3n) is 3.19. The molecule has 0 atom stereocenters. The lowest BCUT2D eigenvalue weighted by Gasteiger charge is -2.15. The summed E-state index contributed by atoms with van der Waals surface area (Å²) >= 11 is 0. The van der Waals surface area contributed by atoms with Crippen LogP contribution >= 0.6 is 0 Å². The van der Waals surface area contributed by atoms with Gasteiger partial charge in [-0.25, -0.2) is 0 Å². The lowest BCUT2D eigenvalue weighted by Crippen LogP contribution is -1.96. The molecule has 0 saturated carbocycles. The Labute approximate surface area is 128 Å². The number of allylic oxidation sites excluding steroid dienone is 1. The molecule has 0 bridgehead atoms. The van der Waals surface area contributed by atoms with Crippen LogP contribution in [-0.4, -0.2) is 30.7 Å². The van der Waals surface area contributed by atoms with E-state index in [1.807, 2.05) is 0 Å². The van der Waals surface area contributed by atoms with E-state index in [1.165, 1.54) is 38.5 Å². The maximum Gasteiger partial charge on any atom is 0.143 e. The standard InChI is InChI=1S/C17H16O5/c1-21-13-9-15(20)17(16(10-13)22-2)14(7-8-18)11-3-5-12(19)6-4-11/h3-10,19-20H,1-2H3. The highest BCUT2D eigenvalue weighted by atomic mass is 16.5. The lowest BCUT2D eigenvalue weighted by molar-refractivity contribution is -0.104. The first-order chi connectivity index (χ1) is 10.6. The van der Waals surface area contributed by atoms with E-state index in [9.17, 15) is 15.0 Å². The van der Waals surface area contributed by atoms with Crippen LogP contribution in [0.3, 0.4) is 0 Å². The second-order valence-corrected chi connectivity index (χ2v) is 4.49. The van der Waals surface area contributed by atoms with Gasteiger partial charge in [-0.05, 0) is 29.3 Å². The molecule has 2 aromatic carbocycles. The van der Waals surface area contributed by atoms with E-state index in [4.69, 9.17) is 9.47 Å². The van der Waals surface area contributed by atoms with Crippen LogP contribution in [0.15, 0.2) is 42.5 Å². The maximum absolute atomic E-state index is 11.0. The molecule has 0 unspecified atom stereocenters. The predicted octanol–water partition coefficient (Wildman–Crippen LogP) is 2.75. The summed E-state index contributed by atoms with van der Waals surface area (Å²) in [4.78, 5) is 11.0. The zero-order valence-corrected chi connectivity index (χ0v) is 12.2. The van der Waals surface area contributed by atoms with E-state index in [1.54, 1.807) is 18.2 Å². The Morgan fingerprint density at radius 3 is 2.27 bits per heavy atom. The lowest BCUT2D eigenvalue weighted by atomic mass is 9.95. The van der Waals surface area contributed by atoms with Crippen molar-refractivity contribution in [2.75, 3.05) is 14.2 Å². The van der Waals surface area contributed by atoms with Crippen LogP contribution in [0.1, 0.15) is 11.1 Å². The van der Waals surface area contributed by atoms with Gasteiger partial charge in [-0.1, -0.05) is 12.1 Å². The fraction of sp³-hybridized carbons (Fsp3) is 0.118. The average Bonchev–Trinajstić information content (AvgIpc) is 2.53. The number of aromatic hydroxyl groups is 2. The SMILES string of the molecule is COc1cc(O)c(C(=CC=O)c2ccc(O)cc2)c(OC)c1. The number of benzene rings is 2. The molecule has 2 aromatic rings. The molecule has 0 aliphatic rings. The summed E-state index contributed by atoms with van der Waals surface area (Å²) in [5, 5.41) is 19.7.